The number of aromatic nitrogens is 3. The molecule has 0 bridgehead atoms. The maximum atomic E-state index is 13.6. The van der Waals surface area contributed by atoms with Gasteiger partial charge in [-0.25, -0.2) is 13.5 Å². The fraction of sp³-hybridized carbons (Fsp3) is 0.552. The minimum absolute atomic E-state index is 0.211. The molecule has 2 N–H and O–H groups in total. The Morgan fingerprint density at radius 2 is 1.97 bits per heavy atom. The number of aromatic amines is 1. The van der Waals surface area contributed by atoms with E-state index in [0.717, 1.165) is 63.5 Å². The average molecular weight is 557 g/mol. The molecule has 0 radical (unpaired) electrons. The second-order valence-corrected chi connectivity index (χ2v) is 11.6. The smallest absolute Gasteiger partial charge is 0.275 e. The van der Waals surface area contributed by atoms with E-state index in [9.17, 15) is 13.8 Å². The number of rotatable bonds is 13. The number of aliphatic hydroxyl groups excluding tert-OH is 1. The number of nitrogens with zero attached hydrogens (tertiary/aromatic N) is 3. The van der Waals surface area contributed by atoms with Crippen LogP contribution < -0.4 is 10.3 Å². The fourth-order valence-corrected chi connectivity index (χ4v) is 6.70. The van der Waals surface area contributed by atoms with Gasteiger partial charge in [0, 0.05) is 31.8 Å². The first-order chi connectivity index (χ1) is 19.0. The number of carbonyl (C=O) groups excluding carboxylic acids is 1. The number of ether oxygens (including phenoxy) is 1. The zero-order valence-electron chi connectivity index (χ0n) is 23.2. The molecule has 3 heterocycles. The van der Waals surface area contributed by atoms with Crippen molar-refractivity contribution in [3.8, 4) is 17.1 Å². The molecular formula is C29H40N4O5S. The highest BCUT2D eigenvalue weighted by molar-refractivity contribution is 7.82. The zero-order valence-corrected chi connectivity index (χ0v) is 24.0. The minimum atomic E-state index is -1.37. The highest BCUT2D eigenvalue weighted by Gasteiger charge is 2.26. The lowest BCUT2D eigenvalue weighted by molar-refractivity contribution is 0.111. The van der Waals surface area contributed by atoms with Crippen molar-refractivity contribution in [3.63, 3.8) is 0 Å². The first kappa shape index (κ1) is 29.2. The number of fused-ring (bicyclic) bond motifs is 1. The summed E-state index contributed by atoms with van der Waals surface area (Å²) in [6.07, 6.45) is 6.77. The van der Waals surface area contributed by atoms with Crippen LogP contribution in [0, 0.1) is 5.92 Å². The molecule has 10 heteroatoms. The molecule has 0 aliphatic carbocycles. The van der Waals surface area contributed by atoms with Crippen LogP contribution in [0.15, 0.2) is 27.9 Å². The van der Waals surface area contributed by atoms with E-state index in [1.54, 1.807) is 16.7 Å². The average Bonchev–Trinajstić information content (AvgIpc) is 3.27. The van der Waals surface area contributed by atoms with Crippen LogP contribution in [0.5, 0.6) is 5.75 Å². The highest BCUT2D eigenvalue weighted by atomic mass is 32.2. The van der Waals surface area contributed by atoms with Gasteiger partial charge in [-0.15, -0.1) is 0 Å². The summed E-state index contributed by atoms with van der Waals surface area (Å²) in [5, 5.41) is 9.13. The second kappa shape index (κ2) is 13.5. The minimum Gasteiger partial charge on any atom is -0.493 e. The van der Waals surface area contributed by atoms with Gasteiger partial charge in [-0.1, -0.05) is 20.3 Å². The molecule has 1 aliphatic heterocycles. The number of benzene rings is 1. The largest absolute Gasteiger partial charge is 0.493 e. The predicted octanol–water partition coefficient (Wildman–Crippen LogP) is 4.47. The van der Waals surface area contributed by atoms with Crippen LogP contribution in [-0.4, -0.2) is 60.7 Å². The van der Waals surface area contributed by atoms with Crippen molar-refractivity contribution >= 4 is 28.3 Å². The third-order valence-corrected chi connectivity index (χ3v) is 8.92. The SMILES string of the molecule is CCCOc1ccc(S(=O)N2CCC(CCCO)CC2)cc1-c1nc2c(CCC)c(C=O)n(CC)c2c(=O)[nH]1. The summed E-state index contributed by atoms with van der Waals surface area (Å²) in [4.78, 5) is 33.8. The van der Waals surface area contributed by atoms with E-state index in [4.69, 9.17) is 14.8 Å². The van der Waals surface area contributed by atoms with Crippen molar-refractivity contribution in [1.29, 1.82) is 0 Å². The molecule has 3 aromatic rings. The van der Waals surface area contributed by atoms with Gasteiger partial charge in [0.15, 0.2) is 6.29 Å². The molecule has 39 heavy (non-hydrogen) atoms. The third kappa shape index (κ3) is 6.18. The number of aryl methyl sites for hydroxylation is 2. The zero-order chi connectivity index (χ0) is 27.9. The number of piperidine rings is 1. The van der Waals surface area contributed by atoms with Crippen LogP contribution in [-0.2, 0) is 24.0 Å². The number of hydrogen-bond acceptors (Lipinski definition) is 6. The summed E-state index contributed by atoms with van der Waals surface area (Å²) in [7, 11) is -1.37. The number of hydrogen-bond donors (Lipinski definition) is 2. The Labute approximate surface area is 232 Å². The molecule has 0 saturated carbocycles. The molecule has 212 valence electrons. The van der Waals surface area contributed by atoms with Gasteiger partial charge in [-0.2, -0.15) is 0 Å². The van der Waals surface area contributed by atoms with E-state index in [-0.39, 0.29) is 12.2 Å². The van der Waals surface area contributed by atoms with Crippen LogP contribution in [0.25, 0.3) is 22.4 Å². The number of aldehydes is 1. The lowest BCUT2D eigenvalue weighted by Gasteiger charge is -2.30. The molecule has 9 nitrogen and oxygen atoms in total. The van der Waals surface area contributed by atoms with Gasteiger partial charge in [0.1, 0.15) is 33.6 Å². The van der Waals surface area contributed by atoms with Crippen LogP contribution in [0.2, 0.25) is 0 Å². The molecule has 1 aromatic carbocycles. The van der Waals surface area contributed by atoms with Gasteiger partial charge < -0.3 is 19.4 Å². The summed E-state index contributed by atoms with van der Waals surface area (Å²) < 4.78 is 23.3. The highest BCUT2D eigenvalue weighted by Crippen LogP contribution is 2.33. The second-order valence-electron chi connectivity index (χ2n) is 10.1. The van der Waals surface area contributed by atoms with E-state index < -0.39 is 11.0 Å². The van der Waals surface area contributed by atoms with E-state index >= 15 is 0 Å². The van der Waals surface area contributed by atoms with Crippen molar-refractivity contribution < 1.29 is 18.8 Å². The normalized spacial score (nSPS) is 15.6. The topological polar surface area (TPSA) is 118 Å². The fourth-order valence-electron chi connectivity index (χ4n) is 5.45. The molecule has 0 amide bonds. The first-order valence-electron chi connectivity index (χ1n) is 14.1. The maximum Gasteiger partial charge on any atom is 0.275 e. The molecule has 4 rings (SSSR count). The van der Waals surface area contributed by atoms with Crippen molar-refractivity contribution in [1.82, 2.24) is 18.8 Å². The van der Waals surface area contributed by atoms with Gasteiger partial charge in [-0.3, -0.25) is 9.59 Å². The molecule has 1 unspecified atom stereocenters. The molecule has 1 fully saturated rings. The standard InChI is InChI=1S/C29H40N4O5S/c1-4-8-22-24(19-35)33(6-3)27-26(22)30-28(31-29(27)36)23-18-21(10-11-25(23)38-17-5-2)39(37)32-14-12-20(13-15-32)9-7-16-34/h10-11,18-20,34H,4-9,12-17H2,1-3H3,(H,30,31,36). The van der Waals surface area contributed by atoms with E-state index in [2.05, 4.69) is 4.98 Å². The summed E-state index contributed by atoms with van der Waals surface area (Å²) >= 11 is 0. The summed E-state index contributed by atoms with van der Waals surface area (Å²) in [6.45, 7) is 8.59. The number of H-pyrrole nitrogens is 1. The lowest BCUT2D eigenvalue weighted by atomic mass is 9.93. The summed E-state index contributed by atoms with van der Waals surface area (Å²) in [5.41, 5.74) is 2.44. The Kier molecular flexibility index (Phi) is 10.1. The van der Waals surface area contributed by atoms with Gasteiger partial charge in [-0.05, 0) is 69.6 Å². The molecule has 0 spiro atoms. The van der Waals surface area contributed by atoms with Crippen molar-refractivity contribution in [2.24, 2.45) is 5.92 Å². The number of aliphatic hydroxyl groups is 1. The van der Waals surface area contributed by atoms with E-state index in [1.165, 1.54) is 0 Å². The molecular weight excluding hydrogens is 516 g/mol. The Bertz CT molecular complexity index is 1370. The van der Waals surface area contributed by atoms with Crippen LogP contribution in [0.1, 0.15) is 75.3 Å². The predicted molar refractivity (Wildman–Crippen MR) is 154 cm³/mol. The lowest BCUT2D eigenvalue weighted by Crippen LogP contribution is -2.35. The van der Waals surface area contributed by atoms with Crippen molar-refractivity contribution in [2.75, 3.05) is 26.3 Å². The van der Waals surface area contributed by atoms with Crippen LogP contribution >= 0.6 is 0 Å². The molecule has 2 aromatic heterocycles. The van der Waals surface area contributed by atoms with Crippen molar-refractivity contribution in [2.45, 2.75) is 77.2 Å². The van der Waals surface area contributed by atoms with E-state index in [1.807, 2.05) is 31.1 Å². The first-order valence-corrected chi connectivity index (χ1v) is 15.2. The third-order valence-electron chi connectivity index (χ3n) is 7.43. The van der Waals surface area contributed by atoms with Gasteiger partial charge in [0.2, 0.25) is 0 Å². The van der Waals surface area contributed by atoms with Gasteiger partial charge >= 0.3 is 0 Å². The Balaban J connectivity index is 1.75. The van der Waals surface area contributed by atoms with Crippen LogP contribution in [0.4, 0.5) is 0 Å². The van der Waals surface area contributed by atoms with Crippen molar-refractivity contribution in [3.05, 3.63) is 39.8 Å². The Morgan fingerprint density at radius 3 is 2.62 bits per heavy atom. The molecule has 1 aliphatic rings. The maximum absolute atomic E-state index is 13.6. The van der Waals surface area contributed by atoms with Gasteiger partial charge in [0.25, 0.3) is 5.56 Å². The Hall–Kier alpha value is -2.82. The monoisotopic (exact) mass is 556 g/mol. The molecule has 1 saturated heterocycles. The Morgan fingerprint density at radius 1 is 1.21 bits per heavy atom. The summed E-state index contributed by atoms with van der Waals surface area (Å²) in [5.74, 6) is 1.45. The number of nitrogens with one attached hydrogen (secondary N) is 1. The summed E-state index contributed by atoms with van der Waals surface area (Å²) in [6, 6.07) is 5.43. The van der Waals surface area contributed by atoms with Crippen LogP contribution in [0.3, 0.4) is 0 Å². The van der Waals surface area contributed by atoms with Gasteiger partial charge in [0.05, 0.1) is 22.8 Å². The molecule has 1 atom stereocenters. The van der Waals surface area contributed by atoms with E-state index in [0.29, 0.717) is 64.3 Å². The number of carbonyl (C=O) groups is 1. The quantitative estimate of drug-likeness (QED) is 0.300.